The van der Waals surface area contributed by atoms with E-state index in [1.54, 1.807) is 6.07 Å². The zero-order chi connectivity index (χ0) is 16.3. The van der Waals surface area contributed by atoms with Crippen LogP contribution in [0.2, 0.25) is 0 Å². The van der Waals surface area contributed by atoms with Crippen LogP contribution in [0, 0.1) is 18.3 Å². The van der Waals surface area contributed by atoms with E-state index in [1.165, 1.54) is 19.1 Å². The molecule has 114 valence electrons. The molecule has 0 fully saturated rings. The summed E-state index contributed by atoms with van der Waals surface area (Å²) in [5.74, 6) is -0.561. The van der Waals surface area contributed by atoms with Crippen molar-refractivity contribution in [3.05, 3.63) is 41.3 Å². The van der Waals surface area contributed by atoms with Gasteiger partial charge < -0.3 is 9.73 Å². The molecule has 2 aromatic rings. The number of nitriles is 1. The number of hydrogen-bond donors (Lipinski definition) is 1. The van der Waals surface area contributed by atoms with Crippen molar-refractivity contribution in [3.63, 3.8) is 0 Å². The van der Waals surface area contributed by atoms with Crippen LogP contribution in [0.15, 0.2) is 28.7 Å². The standard InChI is InChI=1S/C14H10F3N3O2/c1-8-11(12(21)19-6-5-18)20-13(22-8)9-3-2-4-10(7-9)14(15,16)17/h2-4,7H,6H2,1H3,(H,19,21). The number of oxazole rings is 1. The maximum Gasteiger partial charge on any atom is 0.416 e. The van der Waals surface area contributed by atoms with Gasteiger partial charge in [0.05, 0.1) is 11.6 Å². The number of carbonyl (C=O) groups excluding carboxylic acids is 1. The topological polar surface area (TPSA) is 78.9 Å². The molecule has 5 nitrogen and oxygen atoms in total. The van der Waals surface area contributed by atoms with Crippen LogP contribution in [0.1, 0.15) is 21.8 Å². The third-order valence-corrected chi connectivity index (χ3v) is 2.78. The lowest BCUT2D eigenvalue weighted by Crippen LogP contribution is -2.24. The second-order valence-electron chi connectivity index (χ2n) is 4.34. The minimum absolute atomic E-state index is 0.0670. The Morgan fingerprint density at radius 2 is 2.18 bits per heavy atom. The molecule has 0 unspecified atom stereocenters. The second kappa shape index (κ2) is 5.89. The third kappa shape index (κ3) is 3.25. The molecule has 1 aromatic carbocycles. The second-order valence-corrected chi connectivity index (χ2v) is 4.34. The van der Waals surface area contributed by atoms with E-state index >= 15 is 0 Å². The summed E-state index contributed by atoms with van der Waals surface area (Å²) in [4.78, 5) is 15.6. The summed E-state index contributed by atoms with van der Waals surface area (Å²) >= 11 is 0. The van der Waals surface area contributed by atoms with E-state index in [0.717, 1.165) is 12.1 Å². The van der Waals surface area contributed by atoms with Gasteiger partial charge in [-0.25, -0.2) is 4.98 Å². The fourth-order valence-corrected chi connectivity index (χ4v) is 1.76. The van der Waals surface area contributed by atoms with Gasteiger partial charge in [0.1, 0.15) is 12.3 Å². The Labute approximate surface area is 123 Å². The van der Waals surface area contributed by atoms with Gasteiger partial charge in [0.15, 0.2) is 5.69 Å². The number of alkyl halides is 3. The van der Waals surface area contributed by atoms with Gasteiger partial charge in [-0.1, -0.05) is 6.07 Å². The molecule has 1 N–H and O–H groups in total. The molecule has 0 bridgehead atoms. The van der Waals surface area contributed by atoms with E-state index in [9.17, 15) is 18.0 Å². The van der Waals surface area contributed by atoms with Crippen LogP contribution in [-0.4, -0.2) is 17.4 Å². The van der Waals surface area contributed by atoms with Crippen molar-refractivity contribution in [2.24, 2.45) is 0 Å². The predicted molar refractivity (Wildman–Crippen MR) is 69.6 cm³/mol. The number of aromatic nitrogens is 1. The monoisotopic (exact) mass is 309 g/mol. The van der Waals surface area contributed by atoms with E-state index in [1.807, 2.05) is 0 Å². The Hall–Kier alpha value is -2.82. The fourth-order valence-electron chi connectivity index (χ4n) is 1.76. The largest absolute Gasteiger partial charge is 0.441 e. The number of aryl methyl sites for hydroxylation is 1. The average molecular weight is 309 g/mol. The highest BCUT2D eigenvalue weighted by molar-refractivity contribution is 5.93. The van der Waals surface area contributed by atoms with Gasteiger partial charge in [-0.15, -0.1) is 0 Å². The van der Waals surface area contributed by atoms with Crippen molar-refractivity contribution in [3.8, 4) is 17.5 Å². The van der Waals surface area contributed by atoms with Gasteiger partial charge in [-0.05, 0) is 25.1 Å². The number of rotatable bonds is 3. The molecular weight excluding hydrogens is 299 g/mol. The Morgan fingerprint density at radius 3 is 2.82 bits per heavy atom. The Balaban J connectivity index is 2.35. The first-order chi connectivity index (χ1) is 10.3. The molecule has 0 spiro atoms. The minimum Gasteiger partial charge on any atom is -0.441 e. The van der Waals surface area contributed by atoms with Crippen molar-refractivity contribution in [1.82, 2.24) is 10.3 Å². The van der Waals surface area contributed by atoms with Crippen molar-refractivity contribution in [2.75, 3.05) is 6.54 Å². The number of amides is 1. The van der Waals surface area contributed by atoms with Gasteiger partial charge in [-0.3, -0.25) is 4.79 Å². The molecule has 0 aliphatic rings. The highest BCUT2D eigenvalue weighted by Gasteiger charge is 2.31. The summed E-state index contributed by atoms with van der Waals surface area (Å²) in [7, 11) is 0. The highest BCUT2D eigenvalue weighted by Crippen LogP contribution is 2.32. The molecule has 0 aliphatic carbocycles. The van der Waals surface area contributed by atoms with Crippen molar-refractivity contribution in [1.29, 1.82) is 5.26 Å². The van der Waals surface area contributed by atoms with Crippen molar-refractivity contribution >= 4 is 5.91 Å². The Kier molecular flexibility index (Phi) is 4.17. The van der Waals surface area contributed by atoms with E-state index in [2.05, 4.69) is 10.3 Å². The zero-order valence-electron chi connectivity index (χ0n) is 11.4. The van der Waals surface area contributed by atoms with Gasteiger partial charge in [-0.2, -0.15) is 18.4 Å². The molecule has 1 amide bonds. The van der Waals surface area contributed by atoms with Crippen molar-refractivity contribution < 1.29 is 22.4 Å². The number of nitrogens with one attached hydrogen (secondary N) is 1. The number of carbonyl (C=O) groups is 1. The predicted octanol–water partition coefficient (Wildman–Crippen LogP) is 2.92. The molecule has 1 heterocycles. The minimum atomic E-state index is -4.48. The number of halogens is 3. The van der Waals surface area contributed by atoms with E-state index in [-0.39, 0.29) is 29.5 Å². The van der Waals surface area contributed by atoms with Crippen LogP contribution in [0.5, 0.6) is 0 Å². The molecule has 0 saturated carbocycles. The Morgan fingerprint density at radius 1 is 1.45 bits per heavy atom. The summed E-state index contributed by atoms with van der Waals surface area (Å²) in [6, 6.07) is 6.19. The molecule has 0 aliphatic heterocycles. The molecular formula is C14H10F3N3O2. The van der Waals surface area contributed by atoms with E-state index in [4.69, 9.17) is 9.68 Å². The molecule has 2 rings (SSSR count). The smallest absolute Gasteiger partial charge is 0.416 e. The van der Waals surface area contributed by atoms with Gasteiger partial charge in [0, 0.05) is 5.56 Å². The molecule has 8 heteroatoms. The molecule has 0 radical (unpaired) electrons. The first-order valence-corrected chi connectivity index (χ1v) is 6.13. The summed E-state index contributed by atoms with van der Waals surface area (Å²) in [6.45, 7) is 1.26. The third-order valence-electron chi connectivity index (χ3n) is 2.78. The van der Waals surface area contributed by atoms with Gasteiger partial charge in [0.2, 0.25) is 5.89 Å². The average Bonchev–Trinajstić information content (AvgIpc) is 2.86. The van der Waals surface area contributed by atoms with Crippen LogP contribution in [0.3, 0.4) is 0 Å². The number of hydrogen-bond acceptors (Lipinski definition) is 4. The molecule has 1 aromatic heterocycles. The van der Waals surface area contributed by atoms with Crippen LogP contribution < -0.4 is 5.32 Å². The lowest BCUT2D eigenvalue weighted by molar-refractivity contribution is -0.137. The highest BCUT2D eigenvalue weighted by atomic mass is 19.4. The lowest BCUT2D eigenvalue weighted by atomic mass is 10.1. The summed E-state index contributed by atoms with van der Waals surface area (Å²) in [5.41, 5.74) is -0.795. The van der Waals surface area contributed by atoms with E-state index < -0.39 is 17.6 Å². The van der Waals surface area contributed by atoms with Gasteiger partial charge in [0.25, 0.3) is 5.91 Å². The SMILES string of the molecule is Cc1oc(-c2cccc(C(F)(F)F)c2)nc1C(=O)NCC#N. The summed E-state index contributed by atoms with van der Waals surface area (Å²) in [5, 5.41) is 10.7. The van der Waals surface area contributed by atoms with Crippen LogP contribution in [0.25, 0.3) is 11.5 Å². The summed E-state index contributed by atoms with van der Waals surface area (Å²) < 4.78 is 43.3. The molecule has 22 heavy (non-hydrogen) atoms. The maximum atomic E-state index is 12.7. The van der Waals surface area contributed by atoms with Crippen LogP contribution >= 0.6 is 0 Å². The molecule has 0 atom stereocenters. The number of benzene rings is 1. The van der Waals surface area contributed by atoms with Gasteiger partial charge >= 0.3 is 6.18 Å². The fraction of sp³-hybridized carbons (Fsp3) is 0.214. The molecule has 0 saturated heterocycles. The first kappa shape index (κ1) is 15.6. The van der Waals surface area contributed by atoms with Crippen molar-refractivity contribution in [2.45, 2.75) is 13.1 Å². The summed E-state index contributed by atoms with van der Waals surface area (Å²) in [6.07, 6.45) is -4.48. The Bertz CT molecular complexity index is 745. The van der Waals surface area contributed by atoms with E-state index in [0.29, 0.717) is 0 Å². The quantitative estimate of drug-likeness (QED) is 0.884. The van der Waals surface area contributed by atoms with Crippen LogP contribution in [0.4, 0.5) is 13.2 Å². The first-order valence-electron chi connectivity index (χ1n) is 6.13. The normalized spacial score (nSPS) is 11.0. The zero-order valence-corrected chi connectivity index (χ0v) is 11.4. The maximum absolute atomic E-state index is 12.7. The van der Waals surface area contributed by atoms with Crippen LogP contribution in [-0.2, 0) is 6.18 Å². The lowest BCUT2D eigenvalue weighted by Gasteiger charge is -2.06. The number of nitrogens with zero attached hydrogens (tertiary/aromatic N) is 2.